The van der Waals surface area contributed by atoms with Gasteiger partial charge in [0, 0.05) is 6.42 Å². The molecule has 0 aliphatic heterocycles. The number of carbonyl (C=O) groups excluding carboxylic acids is 1. The highest BCUT2D eigenvalue weighted by molar-refractivity contribution is 5.87. The maximum absolute atomic E-state index is 11.3. The molecule has 22 heavy (non-hydrogen) atoms. The number of carboxylic acids is 1. The van der Waals surface area contributed by atoms with Crippen LogP contribution in [-0.2, 0) is 9.53 Å². The third kappa shape index (κ3) is 4.76. The van der Waals surface area contributed by atoms with Crippen molar-refractivity contribution < 1.29 is 24.2 Å². The van der Waals surface area contributed by atoms with Crippen molar-refractivity contribution in [3.63, 3.8) is 0 Å². The van der Waals surface area contributed by atoms with E-state index in [0.717, 1.165) is 25.7 Å². The van der Waals surface area contributed by atoms with Crippen LogP contribution in [0, 0.1) is 11.8 Å². The molecule has 5 heteroatoms. The number of aromatic carboxylic acids is 1. The van der Waals surface area contributed by atoms with Crippen LogP contribution in [0.4, 0.5) is 0 Å². The van der Waals surface area contributed by atoms with E-state index >= 15 is 0 Å². The molecule has 0 atom stereocenters. The fourth-order valence-electron chi connectivity index (χ4n) is 2.83. The largest absolute Gasteiger partial charge is 0.493 e. The number of methoxy groups -OCH3 is 1. The van der Waals surface area contributed by atoms with Gasteiger partial charge in [0.05, 0.1) is 19.3 Å². The number of rotatable bonds is 6. The molecule has 1 aliphatic rings. The minimum Gasteiger partial charge on any atom is -0.493 e. The molecule has 120 valence electrons. The predicted octanol–water partition coefficient (Wildman–Crippen LogP) is 3.13. The number of esters is 1. The lowest BCUT2D eigenvalue weighted by Crippen LogP contribution is -2.22. The molecule has 0 radical (unpaired) electrons. The van der Waals surface area contributed by atoms with Crippen LogP contribution >= 0.6 is 0 Å². The van der Waals surface area contributed by atoms with Crippen LogP contribution in [0.2, 0.25) is 0 Å². The van der Waals surface area contributed by atoms with Gasteiger partial charge in [-0.05, 0) is 61.8 Å². The van der Waals surface area contributed by atoms with E-state index in [0.29, 0.717) is 30.6 Å². The van der Waals surface area contributed by atoms with Crippen LogP contribution in [0.25, 0.3) is 0 Å². The second-order valence-corrected chi connectivity index (χ2v) is 5.81. The first-order chi connectivity index (χ1) is 10.6. The van der Waals surface area contributed by atoms with E-state index < -0.39 is 5.97 Å². The Morgan fingerprint density at radius 1 is 1.09 bits per heavy atom. The molecule has 1 N–H and O–H groups in total. The average molecular weight is 306 g/mol. The van der Waals surface area contributed by atoms with Gasteiger partial charge in [-0.1, -0.05) is 0 Å². The Labute approximate surface area is 130 Å². The van der Waals surface area contributed by atoms with Crippen molar-refractivity contribution in [1.29, 1.82) is 0 Å². The van der Waals surface area contributed by atoms with E-state index in [4.69, 9.17) is 14.6 Å². The summed E-state index contributed by atoms with van der Waals surface area (Å²) in [5, 5.41) is 8.84. The Bertz CT molecular complexity index is 500. The lowest BCUT2D eigenvalue weighted by molar-refractivity contribution is -0.142. The van der Waals surface area contributed by atoms with Crippen molar-refractivity contribution in [1.82, 2.24) is 0 Å². The summed E-state index contributed by atoms with van der Waals surface area (Å²) in [7, 11) is 1.43. The van der Waals surface area contributed by atoms with Crippen molar-refractivity contribution in [3.05, 3.63) is 29.8 Å². The highest BCUT2D eigenvalue weighted by atomic mass is 16.5. The van der Waals surface area contributed by atoms with Crippen LogP contribution in [0.5, 0.6) is 5.75 Å². The van der Waals surface area contributed by atoms with Gasteiger partial charge in [-0.25, -0.2) is 4.79 Å². The van der Waals surface area contributed by atoms with Crippen LogP contribution < -0.4 is 4.74 Å². The zero-order valence-corrected chi connectivity index (χ0v) is 12.8. The fourth-order valence-corrected chi connectivity index (χ4v) is 2.83. The van der Waals surface area contributed by atoms with E-state index in [9.17, 15) is 9.59 Å². The van der Waals surface area contributed by atoms with Gasteiger partial charge in [-0.15, -0.1) is 0 Å². The van der Waals surface area contributed by atoms with Gasteiger partial charge in [0.2, 0.25) is 0 Å². The minimum absolute atomic E-state index is 0.127. The summed E-state index contributed by atoms with van der Waals surface area (Å²) < 4.78 is 10.4. The molecule has 0 amide bonds. The van der Waals surface area contributed by atoms with E-state index in [1.165, 1.54) is 7.11 Å². The van der Waals surface area contributed by atoms with E-state index in [1.54, 1.807) is 24.3 Å². The summed E-state index contributed by atoms with van der Waals surface area (Å²) >= 11 is 0. The molecule has 1 aromatic rings. The number of hydrogen-bond donors (Lipinski definition) is 1. The molecular formula is C17H22O5. The second-order valence-electron chi connectivity index (χ2n) is 5.81. The van der Waals surface area contributed by atoms with Gasteiger partial charge in [0.15, 0.2) is 0 Å². The van der Waals surface area contributed by atoms with Crippen molar-refractivity contribution in [3.8, 4) is 5.75 Å². The standard InChI is InChI=1S/C17H22O5/c1-21-16(18)10-12-2-4-13(5-3-12)11-22-15-8-6-14(7-9-15)17(19)20/h6-9,12-13H,2-5,10-11H2,1H3,(H,19,20). The normalized spacial score (nSPS) is 21.1. The summed E-state index contributed by atoms with van der Waals surface area (Å²) in [6.45, 7) is 0.636. The maximum Gasteiger partial charge on any atom is 0.335 e. The first-order valence-electron chi connectivity index (χ1n) is 7.61. The average Bonchev–Trinajstić information content (AvgIpc) is 2.54. The lowest BCUT2D eigenvalue weighted by atomic mass is 9.81. The molecule has 5 nitrogen and oxygen atoms in total. The van der Waals surface area contributed by atoms with Gasteiger partial charge in [0.1, 0.15) is 5.75 Å². The molecule has 1 aromatic carbocycles. The smallest absolute Gasteiger partial charge is 0.335 e. The van der Waals surface area contributed by atoms with Crippen LogP contribution in [0.15, 0.2) is 24.3 Å². The lowest BCUT2D eigenvalue weighted by Gasteiger charge is -2.27. The molecule has 0 saturated heterocycles. The first kappa shape index (κ1) is 16.3. The Kier molecular flexibility index (Phi) is 5.81. The van der Waals surface area contributed by atoms with Crippen molar-refractivity contribution >= 4 is 11.9 Å². The SMILES string of the molecule is COC(=O)CC1CCC(COc2ccc(C(=O)O)cc2)CC1. The molecular weight excluding hydrogens is 284 g/mol. The predicted molar refractivity (Wildman–Crippen MR) is 81.0 cm³/mol. The maximum atomic E-state index is 11.3. The van der Waals surface area contributed by atoms with Crippen LogP contribution in [0.1, 0.15) is 42.5 Å². The zero-order chi connectivity index (χ0) is 15.9. The zero-order valence-electron chi connectivity index (χ0n) is 12.8. The fraction of sp³-hybridized carbons (Fsp3) is 0.529. The quantitative estimate of drug-likeness (QED) is 0.817. The van der Waals surface area contributed by atoms with Gasteiger partial charge in [0.25, 0.3) is 0 Å². The molecule has 0 aromatic heterocycles. The topological polar surface area (TPSA) is 72.8 Å². The number of benzene rings is 1. The third-order valence-corrected chi connectivity index (χ3v) is 4.24. The summed E-state index contributed by atoms with van der Waals surface area (Å²) in [6, 6.07) is 6.47. The van der Waals surface area contributed by atoms with Crippen molar-refractivity contribution in [2.75, 3.05) is 13.7 Å². The Morgan fingerprint density at radius 2 is 1.68 bits per heavy atom. The highest BCUT2D eigenvalue weighted by Crippen LogP contribution is 2.31. The summed E-state index contributed by atoms with van der Waals surface area (Å²) in [6.07, 6.45) is 4.67. The number of carboxylic acid groups (broad SMARTS) is 1. The Hall–Kier alpha value is -2.04. The summed E-state index contributed by atoms with van der Waals surface area (Å²) in [4.78, 5) is 22.0. The summed E-state index contributed by atoms with van der Waals surface area (Å²) in [5.41, 5.74) is 0.260. The van der Waals surface area contributed by atoms with E-state index in [1.807, 2.05) is 0 Å². The van der Waals surface area contributed by atoms with Crippen molar-refractivity contribution in [2.45, 2.75) is 32.1 Å². The first-order valence-corrected chi connectivity index (χ1v) is 7.61. The number of hydrogen-bond acceptors (Lipinski definition) is 4. The van der Waals surface area contributed by atoms with Crippen molar-refractivity contribution in [2.24, 2.45) is 11.8 Å². The number of ether oxygens (including phenoxy) is 2. The second kappa shape index (κ2) is 7.82. The van der Waals surface area contributed by atoms with Gasteiger partial charge < -0.3 is 14.6 Å². The molecule has 1 fully saturated rings. The molecule has 2 rings (SSSR count). The summed E-state index contributed by atoms with van der Waals surface area (Å²) in [5.74, 6) is 0.557. The Balaban J connectivity index is 1.72. The molecule has 1 saturated carbocycles. The Morgan fingerprint density at radius 3 is 2.23 bits per heavy atom. The highest BCUT2D eigenvalue weighted by Gasteiger charge is 2.23. The van der Waals surface area contributed by atoms with E-state index in [-0.39, 0.29) is 11.5 Å². The van der Waals surface area contributed by atoms with Gasteiger partial charge in [-0.2, -0.15) is 0 Å². The number of carbonyl (C=O) groups is 2. The minimum atomic E-state index is -0.935. The molecule has 0 unspecified atom stereocenters. The molecule has 0 spiro atoms. The van der Waals surface area contributed by atoms with Gasteiger partial charge in [-0.3, -0.25) is 4.79 Å². The third-order valence-electron chi connectivity index (χ3n) is 4.24. The van der Waals surface area contributed by atoms with Crippen LogP contribution in [0.3, 0.4) is 0 Å². The molecule has 0 bridgehead atoms. The van der Waals surface area contributed by atoms with Gasteiger partial charge >= 0.3 is 11.9 Å². The molecule has 1 aliphatic carbocycles. The molecule has 0 heterocycles. The van der Waals surface area contributed by atoms with E-state index in [2.05, 4.69) is 0 Å². The monoisotopic (exact) mass is 306 g/mol. The van der Waals surface area contributed by atoms with Crippen LogP contribution in [-0.4, -0.2) is 30.8 Å².